The lowest BCUT2D eigenvalue weighted by Crippen LogP contribution is -2.31. The summed E-state index contributed by atoms with van der Waals surface area (Å²) >= 11 is 1.12. The van der Waals surface area contributed by atoms with E-state index in [4.69, 9.17) is 4.74 Å². The van der Waals surface area contributed by atoms with Gasteiger partial charge in [-0.3, -0.25) is 4.79 Å². The van der Waals surface area contributed by atoms with Crippen LogP contribution in [0.5, 0.6) is 6.01 Å². The molecule has 0 N–H and O–H groups in total. The molecular weight excluding hydrogens is 333 g/mol. The largest absolute Gasteiger partial charge is 0.458 e. The van der Waals surface area contributed by atoms with Crippen LogP contribution in [0.1, 0.15) is 16.8 Å². The number of benzene rings is 1. The van der Waals surface area contributed by atoms with E-state index in [9.17, 15) is 9.18 Å². The zero-order chi connectivity index (χ0) is 16.5. The van der Waals surface area contributed by atoms with Gasteiger partial charge in [0.05, 0.1) is 30.7 Å². The number of fused-ring (bicyclic) bond motifs is 1. The van der Waals surface area contributed by atoms with Crippen LogP contribution in [0, 0.1) is 5.82 Å². The van der Waals surface area contributed by atoms with Gasteiger partial charge in [-0.05, 0) is 18.2 Å². The minimum absolute atomic E-state index is 0.0731. The molecule has 4 rings (SSSR count). The Kier molecular flexibility index (Phi) is 3.77. The minimum atomic E-state index is -0.516. The highest BCUT2D eigenvalue weighted by molar-refractivity contribution is 7.00. The summed E-state index contributed by atoms with van der Waals surface area (Å²) < 4.78 is 26.7. The predicted molar refractivity (Wildman–Crippen MR) is 84.3 cm³/mol. The zero-order valence-corrected chi connectivity index (χ0v) is 13.2. The first-order chi connectivity index (χ1) is 11.7. The summed E-state index contributed by atoms with van der Waals surface area (Å²) in [6.45, 7) is 1.02. The Bertz CT molecular complexity index is 885. The summed E-state index contributed by atoms with van der Waals surface area (Å²) in [5, 5.41) is 0. The maximum atomic E-state index is 12.8. The highest BCUT2D eigenvalue weighted by atomic mass is 32.1. The molecule has 0 bridgehead atoms. The van der Waals surface area contributed by atoms with Gasteiger partial charge in [-0.1, -0.05) is 0 Å². The quantitative estimate of drug-likeness (QED) is 0.721. The van der Waals surface area contributed by atoms with Crippen LogP contribution in [-0.2, 0) is 0 Å². The Labute approximate surface area is 140 Å². The molecular formula is C15H12FN5O2S. The van der Waals surface area contributed by atoms with Crippen molar-refractivity contribution in [2.45, 2.75) is 12.5 Å². The van der Waals surface area contributed by atoms with Crippen molar-refractivity contribution in [3.05, 3.63) is 42.0 Å². The van der Waals surface area contributed by atoms with Crippen molar-refractivity contribution < 1.29 is 13.9 Å². The molecule has 2 aromatic heterocycles. The van der Waals surface area contributed by atoms with Crippen LogP contribution in [0.4, 0.5) is 4.39 Å². The number of carbonyl (C=O) groups is 1. The van der Waals surface area contributed by atoms with Gasteiger partial charge in [0.15, 0.2) is 5.82 Å². The second-order valence-electron chi connectivity index (χ2n) is 5.43. The Balaban J connectivity index is 1.43. The second kappa shape index (κ2) is 6.08. The van der Waals surface area contributed by atoms with Crippen molar-refractivity contribution in [3.8, 4) is 6.01 Å². The maximum Gasteiger partial charge on any atom is 0.316 e. The van der Waals surface area contributed by atoms with E-state index in [0.717, 1.165) is 35.2 Å². The molecule has 0 radical (unpaired) electrons. The van der Waals surface area contributed by atoms with E-state index in [1.54, 1.807) is 23.1 Å². The lowest BCUT2D eigenvalue weighted by atomic mass is 10.2. The van der Waals surface area contributed by atoms with Gasteiger partial charge in [-0.15, -0.1) is 0 Å². The Morgan fingerprint density at radius 1 is 1.25 bits per heavy atom. The van der Waals surface area contributed by atoms with E-state index in [0.29, 0.717) is 25.1 Å². The number of nitrogens with zero attached hydrogens (tertiary/aromatic N) is 5. The van der Waals surface area contributed by atoms with Gasteiger partial charge in [0.25, 0.3) is 5.91 Å². The molecule has 1 saturated heterocycles. The summed E-state index contributed by atoms with van der Waals surface area (Å²) in [7, 11) is 0. The smallest absolute Gasteiger partial charge is 0.316 e. The zero-order valence-electron chi connectivity index (χ0n) is 12.4. The molecule has 1 atom stereocenters. The number of hydrogen-bond donors (Lipinski definition) is 0. The summed E-state index contributed by atoms with van der Waals surface area (Å²) in [4.78, 5) is 21.9. The molecule has 1 amide bonds. The highest BCUT2D eigenvalue weighted by Crippen LogP contribution is 2.20. The number of ether oxygens (including phenoxy) is 1. The van der Waals surface area contributed by atoms with Gasteiger partial charge in [-0.2, -0.15) is 8.75 Å². The van der Waals surface area contributed by atoms with Crippen LogP contribution in [0.15, 0.2) is 30.6 Å². The van der Waals surface area contributed by atoms with E-state index < -0.39 is 5.82 Å². The van der Waals surface area contributed by atoms with Crippen molar-refractivity contribution in [1.82, 2.24) is 23.6 Å². The number of hydrogen-bond acceptors (Lipinski definition) is 7. The van der Waals surface area contributed by atoms with Crippen LogP contribution < -0.4 is 4.74 Å². The fourth-order valence-electron chi connectivity index (χ4n) is 2.62. The maximum absolute atomic E-state index is 12.8. The van der Waals surface area contributed by atoms with Crippen LogP contribution in [0.25, 0.3) is 11.0 Å². The van der Waals surface area contributed by atoms with E-state index in [2.05, 4.69) is 18.7 Å². The SMILES string of the molecule is O=C(c1ccc2nsnc2c1)N1CC[C@@H](Oc2ncc(F)cn2)C1. The van der Waals surface area contributed by atoms with Gasteiger partial charge in [0.1, 0.15) is 17.1 Å². The third kappa shape index (κ3) is 2.90. The van der Waals surface area contributed by atoms with Gasteiger partial charge in [-0.25, -0.2) is 14.4 Å². The van der Waals surface area contributed by atoms with Gasteiger partial charge >= 0.3 is 6.01 Å². The van der Waals surface area contributed by atoms with Crippen LogP contribution in [-0.4, -0.2) is 48.7 Å². The Morgan fingerprint density at radius 3 is 2.88 bits per heavy atom. The van der Waals surface area contributed by atoms with Crippen molar-refractivity contribution in [2.75, 3.05) is 13.1 Å². The molecule has 3 aromatic rings. The molecule has 7 nitrogen and oxygen atoms in total. The third-order valence-electron chi connectivity index (χ3n) is 3.80. The minimum Gasteiger partial charge on any atom is -0.458 e. The van der Waals surface area contributed by atoms with Crippen LogP contribution in [0.3, 0.4) is 0 Å². The summed E-state index contributed by atoms with van der Waals surface area (Å²) in [5.41, 5.74) is 2.08. The number of aromatic nitrogens is 4. The first kappa shape index (κ1) is 14.9. The van der Waals surface area contributed by atoms with Gasteiger partial charge in [0, 0.05) is 18.5 Å². The average Bonchev–Trinajstić information content (AvgIpc) is 3.24. The molecule has 1 aromatic carbocycles. The molecule has 3 heterocycles. The second-order valence-corrected chi connectivity index (χ2v) is 5.96. The van der Waals surface area contributed by atoms with Gasteiger partial charge < -0.3 is 9.64 Å². The third-order valence-corrected chi connectivity index (χ3v) is 4.36. The standard InChI is InChI=1S/C15H12FN5O2S/c16-10-6-17-15(18-7-10)23-11-3-4-21(8-11)14(22)9-1-2-12-13(5-9)20-24-19-12/h1-2,5-7,11H,3-4,8H2/t11-/m1/s1. The molecule has 0 spiro atoms. The molecule has 1 aliphatic heterocycles. The molecule has 1 aliphatic rings. The average molecular weight is 345 g/mol. The number of halogens is 1. The first-order valence-electron chi connectivity index (χ1n) is 7.35. The van der Waals surface area contributed by atoms with Crippen molar-refractivity contribution >= 4 is 28.7 Å². The van der Waals surface area contributed by atoms with Crippen molar-refractivity contribution in [3.63, 3.8) is 0 Å². The number of likely N-dealkylation sites (tertiary alicyclic amines) is 1. The summed E-state index contributed by atoms with van der Waals surface area (Å²) in [6.07, 6.45) is 2.57. The van der Waals surface area contributed by atoms with Crippen LogP contribution in [0.2, 0.25) is 0 Å². The van der Waals surface area contributed by atoms with Gasteiger partial charge in [0.2, 0.25) is 0 Å². The molecule has 0 aliphatic carbocycles. The fourth-order valence-corrected chi connectivity index (χ4v) is 3.13. The highest BCUT2D eigenvalue weighted by Gasteiger charge is 2.29. The molecule has 0 unspecified atom stereocenters. The lowest BCUT2D eigenvalue weighted by molar-refractivity contribution is 0.0770. The van der Waals surface area contributed by atoms with E-state index >= 15 is 0 Å². The van der Waals surface area contributed by atoms with E-state index in [1.807, 2.05) is 0 Å². The fraction of sp³-hybridized carbons (Fsp3) is 0.267. The molecule has 24 heavy (non-hydrogen) atoms. The molecule has 122 valence electrons. The van der Waals surface area contributed by atoms with E-state index in [-0.39, 0.29) is 18.0 Å². The Morgan fingerprint density at radius 2 is 2.04 bits per heavy atom. The molecule has 0 saturated carbocycles. The first-order valence-corrected chi connectivity index (χ1v) is 8.08. The van der Waals surface area contributed by atoms with Crippen molar-refractivity contribution in [2.24, 2.45) is 0 Å². The molecule has 1 fully saturated rings. The number of rotatable bonds is 3. The summed E-state index contributed by atoms with van der Waals surface area (Å²) in [6, 6.07) is 5.41. The number of carbonyl (C=O) groups excluding carboxylic acids is 1. The topological polar surface area (TPSA) is 81.1 Å². The number of amides is 1. The monoisotopic (exact) mass is 345 g/mol. The lowest BCUT2D eigenvalue weighted by Gasteiger charge is -2.16. The summed E-state index contributed by atoms with van der Waals surface area (Å²) in [5.74, 6) is -0.589. The normalized spacial score (nSPS) is 17.4. The van der Waals surface area contributed by atoms with Crippen LogP contribution >= 0.6 is 11.7 Å². The molecule has 9 heteroatoms. The predicted octanol–water partition coefficient (Wildman–Crippen LogP) is 1.91. The Hall–Kier alpha value is -2.68. The van der Waals surface area contributed by atoms with Crippen molar-refractivity contribution in [1.29, 1.82) is 0 Å². The van der Waals surface area contributed by atoms with E-state index in [1.165, 1.54) is 0 Å².